The lowest BCUT2D eigenvalue weighted by molar-refractivity contribution is -0.265. The minimum absolute atomic E-state index is 0.616. The van der Waals surface area contributed by atoms with Gasteiger partial charge in [0.05, 0.1) is 6.61 Å². The molecule has 1 aliphatic heterocycles. The summed E-state index contributed by atoms with van der Waals surface area (Å²) >= 11 is 0. The van der Waals surface area contributed by atoms with Gasteiger partial charge in [0.25, 0.3) is 0 Å². The molecular weight excluding hydrogens is 252 g/mol. The van der Waals surface area contributed by atoms with Crippen molar-refractivity contribution in [1.82, 2.24) is 10.2 Å². The van der Waals surface area contributed by atoms with Gasteiger partial charge in [-0.15, -0.1) is 5.17 Å². The van der Waals surface area contributed by atoms with Gasteiger partial charge in [0.2, 0.25) is 0 Å². The quantitative estimate of drug-likeness (QED) is 0.810. The van der Waals surface area contributed by atoms with Crippen LogP contribution in [0.2, 0.25) is 0 Å². The first-order valence-electron chi connectivity index (χ1n) is 7.13. The minimum Gasteiger partial charge on any atom is -0.494 e. The third-order valence-corrected chi connectivity index (χ3v) is 3.74. The average molecular weight is 276 g/mol. The first-order chi connectivity index (χ1) is 9.60. The van der Waals surface area contributed by atoms with Crippen molar-refractivity contribution in [2.45, 2.75) is 20.3 Å². The van der Waals surface area contributed by atoms with Gasteiger partial charge in [-0.1, -0.05) is 18.2 Å². The molecule has 0 unspecified atom stereocenters. The summed E-state index contributed by atoms with van der Waals surface area (Å²) in [7, 11) is 1.65. The fraction of sp³-hybridized carbons (Fsp3) is 0.500. The molecule has 0 radical (unpaired) electrons. The van der Waals surface area contributed by atoms with Gasteiger partial charge in [-0.05, 0) is 49.4 Å². The number of hydrazine groups is 1. The van der Waals surface area contributed by atoms with Crippen molar-refractivity contribution in [2.24, 2.45) is 5.92 Å². The van der Waals surface area contributed by atoms with E-state index in [-0.39, 0.29) is 0 Å². The van der Waals surface area contributed by atoms with E-state index in [4.69, 9.17) is 4.74 Å². The normalized spacial score (nSPS) is 16.9. The van der Waals surface area contributed by atoms with Gasteiger partial charge in [0.15, 0.2) is 0 Å². The molecule has 0 aromatic heterocycles. The second-order valence-corrected chi connectivity index (χ2v) is 5.38. The van der Waals surface area contributed by atoms with E-state index in [1.807, 2.05) is 24.1 Å². The Kier molecular flexibility index (Phi) is 5.17. The van der Waals surface area contributed by atoms with Crippen LogP contribution in [0, 0.1) is 12.8 Å². The van der Waals surface area contributed by atoms with Crippen molar-refractivity contribution in [3.63, 3.8) is 0 Å². The third kappa shape index (κ3) is 3.82. The van der Waals surface area contributed by atoms with Crippen molar-refractivity contribution >= 4 is 6.08 Å². The van der Waals surface area contributed by atoms with E-state index < -0.39 is 0 Å². The molecule has 1 heterocycles. The van der Waals surface area contributed by atoms with E-state index in [0.717, 1.165) is 31.9 Å². The number of benzene rings is 1. The molecule has 1 aromatic carbocycles. The Hall–Kier alpha value is -1.36. The Bertz CT molecular complexity index is 466. The summed E-state index contributed by atoms with van der Waals surface area (Å²) in [6.07, 6.45) is 5.17. The molecule has 1 saturated heterocycles. The third-order valence-electron chi connectivity index (χ3n) is 3.74. The largest absolute Gasteiger partial charge is 0.494 e. The van der Waals surface area contributed by atoms with E-state index in [1.165, 1.54) is 16.3 Å². The van der Waals surface area contributed by atoms with Crippen LogP contribution in [-0.2, 0) is 0 Å². The number of rotatable bonds is 6. The standard InChI is InChI=1S/C16H24N2O2/c1-4-5-15-10-16(7-6-13(15)2)20-9-8-14-11-18(12-14)17(3)19/h4-7,10,14,19H,8-9,11-12H2,1-3H3/b5-4-. The van der Waals surface area contributed by atoms with Crippen LogP contribution in [0.15, 0.2) is 24.3 Å². The molecule has 4 heteroatoms. The molecule has 1 N–H and O–H groups in total. The Labute approximate surface area is 121 Å². The summed E-state index contributed by atoms with van der Waals surface area (Å²) in [5, 5.41) is 12.3. The SMILES string of the molecule is C/C=C\c1cc(OCCC2CN(N(C)O)C2)ccc1C. The van der Waals surface area contributed by atoms with Crippen molar-refractivity contribution in [1.29, 1.82) is 0 Å². The summed E-state index contributed by atoms with van der Waals surface area (Å²) in [6.45, 7) is 6.68. The Balaban J connectivity index is 1.76. The second-order valence-electron chi connectivity index (χ2n) is 5.38. The second kappa shape index (κ2) is 6.88. The maximum Gasteiger partial charge on any atom is 0.119 e. The van der Waals surface area contributed by atoms with Crippen LogP contribution >= 0.6 is 0 Å². The smallest absolute Gasteiger partial charge is 0.119 e. The number of ether oxygens (including phenoxy) is 1. The topological polar surface area (TPSA) is 35.9 Å². The molecule has 0 spiro atoms. The van der Waals surface area contributed by atoms with Crippen LogP contribution in [-0.4, -0.2) is 42.1 Å². The average Bonchev–Trinajstić information content (AvgIpc) is 2.35. The van der Waals surface area contributed by atoms with Crippen LogP contribution in [0.4, 0.5) is 0 Å². The van der Waals surface area contributed by atoms with Gasteiger partial charge < -0.3 is 4.74 Å². The molecule has 1 aliphatic rings. The summed E-state index contributed by atoms with van der Waals surface area (Å²) in [6, 6.07) is 6.21. The lowest BCUT2D eigenvalue weighted by Gasteiger charge is -2.41. The number of hydrogen-bond acceptors (Lipinski definition) is 4. The molecule has 0 amide bonds. The molecule has 4 nitrogen and oxygen atoms in total. The van der Waals surface area contributed by atoms with Crippen molar-refractivity contribution in [3.05, 3.63) is 35.4 Å². The molecule has 0 bridgehead atoms. The van der Waals surface area contributed by atoms with E-state index in [1.54, 1.807) is 7.05 Å². The summed E-state index contributed by atoms with van der Waals surface area (Å²) in [5.74, 6) is 1.55. The Morgan fingerprint density at radius 2 is 2.20 bits per heavy atom. The molecule has 2 rings (SSSR count). The van der Waals surface area contributed by atoms with Gasteiger partial charge in [-0.25, -0.2) is 5.01 Å². The predicted octanol–water partition coefficient (Wildman–Crippen LogP) is 2.96. The molecule has 0 atom stereocenters. The lowest BCUT2D eigenvalue weighted by Crippen LogP contribution is -2.53. The van der Waals surface area contributed by atoms with Crippen molar-refractivity contribution in [3.8, 4) is 5.75 Å². The predicted molar refractivity (Wildman–Crippen MR) is 80.6 cm³/mol. The highest BCUT2D eigenvalue weighted by atomic mass is 16.5. The van der Waals surface area contributed by atoms with Crippen LogP contribution in [0.5, 0.6) is 5.75 Å². The molecular formula is C16H24N2O2. The molecule has 0 saturated carbocycles. The first kappa shape index (κ1) is 15.0. The van der Waals surface area contributed by atoms with Crippen molar-refractivity contribution in [2.75, 3.05) is 26.7 Å². The number of nitrogens with zero attached hydrogens (tertiary/aromatic N) is 2. The molecule has 110 valence electrons. The van der Waals surface area contributed by atoms with Crippen LogP contribution < -0.4 is 4.74 Å². The first-order valence-corrected chi connectivity index (χ1v) is 7.13. The van der Waals surface area contributed by atoms with Gasteiger partial charge in [0.1, 0.15) is 5.75 Å². The number of allylic oxidation sites excluding steroid dienone is 1. The summed E-state index contributed by atoms with van der Waals surface area (Å²) in [4.78, 5) is 0. The van der Waals surface area contributed by atoms with Gasteiger partial charge in [0, 0.05) is 20.1 Å². The van der Waals surface area contributed by atoms with Crippen LogP contribution in [0.1, 0.15) is 24.5 Å². The Morgan fingerprint density at radius 3 is 2.85 bits per heavy atom. The maximum atomic E-state index is 9.22. The Morgan fingerprint density at radius 1 is 1.45 bits per heavy atom. The van der Waals surface area contributed by atoms with E-state index in [9.17, 15) is 5.21 Å². The fourth-order valence-electron chi connectivity index (χ4n) is 2.37. The summed E-state index contributed by atoms with van der Waals surface area (Å²) < 4.78 is 5.82. The van der Waals surface area contributed by atoms with E-state index in [2.05, 4.69) is 25.1 Å². The zero-order valence-electron chi connectivity index (χ0n) is 12.5. The highest BCUT2D eigenvalue weighted by Gasteiger charge is 2.28. The van der Waals surface area contributed by atoms with Crippen LogP contribution in [0.3, 0.4) is 0 Å². The number of hydroxylamine groups is 1. The maximum absolute atomic E-state index is 9.22. The minimum atomic E-state index is 0.616. The lowest BCUT2D eigenvalue weighted by atomic mass is 9.99. The van der Waals surface area contributed by atoms with E-state index in [0.29, 0.717) is 5.92 Å². The van der Waals surface area contributed by atoms with Crippen molar-refractivity contribution < 1.29 is 9.94 Å². The van der Waals surface area contributed by atoms with Crippen LogP contribution in [0.25, 0.3) is 6.08 Å². The van der Waals surface area contributed by atoms with Gasteiger partial charge in [-0.2, -0.15) is 0 Å². The zero-order valence-corrected chi connectivity index (χ0v) is 12.5. The molecule has 20 heavy (non-hydrogen) atoms. The van der Waals surface area contributed by atoms with Gasteiger partial charge in [-0.3, -0.25) is 5.21 Å². The van der Waals surface area contributed by atoms with E-state index >= 15 is 0 Å². The van der Waals surface area contributed by atoms with Gasteiger partial charge >= 0.3 is 0 Å². The monoisotopic (exact) mass is 276 g/mol. The molecule has 0 aliphatic carbocycles. The zero-order chi connectivity index (χ0) is 14.5. The number of hydrogen-bond donors (Lipinski definition) is 1. The molecule has 1 fully saturated rings. The summed E-state index contributed by atoms with van der Waals surface area (Å²) in [5.41, 5.74) is 2.47. The fourth-order valence-corrected chi connectivity index (χ4v) is 2.37. The number of aryl methyl sites for hydroxylation is 1. The molecule has 1 aromatic rings. The highest BCUT2D eigenvalue weighted by molar-refractivity contribution is 5.55. The highest BCUT2D eigenvalue weighted by Crippen LogP contribution is 2.22.